The quantitative estimate of drug-likeness (QED) is 0.603. The molecule has 3 aromatic heterocycles. The standard InChI is InChI=1S/C16H9ClN4OS/c17-10-4-2-1-3-9(10)13-7-11-14(23-13)16(22)21-15(20-11)12-8-18-5-6-19-12/h1-8H,(H,20,21,22). The number of halogens is 1. The summed E-state index contributed by atoms with van der Waals surface area (Å²) in [6.07, 6.45) is 4.69. The second kappa shape index (κ2) is 5.57. The highest BCUT2D eigenvalue weighted by Gasteiger charge is 2.13. The molecule has 0 saturated carbocycles. The third kappa shape index (κ3) is 2.52. The number of hydrogen-bond acceptors (Lipinski definition) is 5. The van der Waals surface area contributed by atoms with Gasteiger partial charge in [-0.25, -0.2) is 9.97 Å². The van der Waals surface area contributed by atoms with E-state index in [0.717, 1.165) is 10.4 Å². The fourth-order valence-corrected chi connectivity index (χ4v) is 3.60. The lowest BCUT2D eigenvalue weighted by Gasteiger charge is -1.98. The molecule has 0 fully saturated rings. The van der Waals surface area contributed by atoms with Crippen LogP contribution in [0.5, 0.6) is 0 Å². The summed E-state index contributed by atoms with van der Waals surface area (Å²) in [4.78, 5) is 28.6. The highest BCUT2D eigenvalue weighted by atomic mass is 35.5. The summed E-state index contributed by atoms with van der Waals surface area (Å²) in [5.74, 6) is 0.402. The van der Waals surface area contributed by atoms with E-state index in [2.05, 4.69) is 19.9 Å². The molecule has 0 radical (unpaired) electrons. The molecule has 0 spiro atoms. The van der Waals surface area contributed by atoms with Gasteiger partial charge in [0.2, 0.25) is 0 Å². The summed E-state index contributed by atoms with van der Waals surface area (Å²) in [5.41, 5.74) is 1.84. The zero-order chi connectivity index (χ0) is 15.8. The first-order chi connectivity index (χ1) is 11.2. The molecule has 1 aromatic carbocycles. The van der Waals surface area contributed by atoms with Crippen molar-refractivity contribution >= 4 is 33.2 Å². The van der Waals surface area contributed by atoms with E-state index in [1.165, 1.54) is 11.3 Å². The molecule has 0 atom stereocenters. The summed E-state index contributed by atoms with van der Waals surface area (Å²) < 4.78 is 0.563. The predicted octanol–water partition coefficient (Wildman–Crippen LogP) is 3.76. The van der Waals surface area contributed by atoms with Gasteiger partial charge in [-0.2, -0.15) is 0 Å². The van der Waals surface area contributed by atoms with E-state index in [9.17, 15) is 4.79 Å². The maximum Gasteiger partial charge on any atom is 0.269 e. The van der Waals surface area contributed by atoms with Gasteiger partial charge in [-0.15, -0.1) is 11.3 Å². The Balaban J connectivity index is 1.92. The number of rotatable bonds is 2. The van der Waals surface area contributed by atoms with Crippen molar-refractivity contribution in [3.8, 4) is 22.0 Å². The lowest BCUT2D eigenvalue weighted by molar-refractivity contribution is 1.12. The van der Waals surface area contributed by atoms with Gasteiger partial charge < -0.3 is 4.98 Å². The van der Waals surface area contributed by atoms with Gasteiger partial charge in [-0.3, -0.25) is 9.78 Å². The average molecular weight is 341 g/mol. The van der Waals surface area contributed by atoms with E-state index in [0.29, 0.717) is 26.8 Å². The third-order valence-corrected chi connectivity index (χ3v) is 4.81. The van der Waals surface area contributed by atoms with Crippen LogP contribution in [0.2, 0.25) is 5.02 Å². The summed E-state index contributed by atoms with van der Waals surface area (Å²) >= 11 is 7.60. The molecular formula is C16H9ClN4OS. The fourth-order valence-electron chi connectivity index (χ4n) is 2.28. The normalized spacial score (nSPS) is 11.0. The SMILES string of the molecule is O=c1[nH]c(-c2cnccn2)nc2cc(-c3ccccc3Cl)sc12. The number of nitrogens with one attached hydrogen (secondary N) is 1. The Labute approximate surface area is 139 Å². The minimum atomic E-state index is -0.195. The average Bonchev–Trinajstić information content (AvgIpc) is 3.00. The number of hydrogen-bond donors (Lipinski definition) is 1. The van der Waals surface area contributed by atoms with E-state index < -0.39 is 0 Å². The minimum absolute atomic E-state index is 0.195. The van der Waals surface area contributed by atoms with Crippen LogP contribution in [0.4, 0.5) is 0 Å². The van der Waals surface area contributed by atoms with Gasteiger partial charge in [-0.05, 0) is 12.1 Å². The zero-order valence-corrected chi connectivity index (χ0v) is 13.2. The Bertz CT molecular complexity index is 1060. The van der Waals surface area contributed by atoms with Gasteiger partial charge >= 0.3 is 0 Å². The minimum Gasteiger partial charge on any atom is -0.304 e. The molecule has 0 aliphatic rings. The molecule has 4 rings (SSSR count). The molecule has 0 unspecified atom stereocenters. The largest absolute Gasteiger partial charge is 0.304 e. The summed E-state index contributed by atoms with van der Waals surface area (Å²) in [7, 11) is 0. The van der Waals surface area contributed by atoms with E-state index in [1.54, 1.807) is 18.6 Å². The highest BCUT2D eigenvalue weighted by Crippen LogP contribution is 2.35. The van der Waals surface area contributed by atoms with E-state index >= 15 is 0 Å². The lowest BCUT2D eigenvalue weighted by atomic mass is 10.2. The molecule has 1 N–H and O–H groups in total. The Morgan fingerprint density at radius 3 is 2.83 bits per heavy atom. The molecule has 0 aliphatic carbocycles. The van der Waals surface area contributed by atoms with Crippen LogP contribution in [0.15, 0.2) is 53.7 Å². The van der Waals surface area contributed by atoms with Gasteiger partial charge in [0.05, 0.1) is 11.7 Å². The van der Waals surface area contributed by atoms with Gasteiger partial charge in [0.15, 0.2) is 5.82 Å². The number of aromatic nitrogens is 4. The topological polar surface area (TPSA) is 71.5 Å². The first kappa shape index (κ1) is 14.0. The van der Waals surface area contributed by atoms with Crippen LogP contribution in [-0.2, 0) is 0 Å². The predicted molar refractivity (Wildman–Crippen MR) is 91.7 cm³/mol. The van der Waals surface area contributed by atoms with Crippen molar-refractivity contribution in [3.05, 3.63) is 64.3 Å². The van der Waals surface area contributed by atoms with Crippen molar-refractivity contribution in [2.75, 3.05) is 0 Å². The van der Waals surface area contributed by atoms with Crippen LogP contribution in [0.25, 0.3) is 32.2 Å². The van der Waals surface area contributed by atoms with Gasteiger partial charge in [0, 0.05) is 27.9 Å². The molecule has 0 saturated heterocycles. The molecule has 0 amide bonds. The first-order valence-corrected chi connectivity index (χ1v) is 7.97. The van der Waals surface area contributed by atoms with Gasteiger partial charge in [-0.1, -0.05) is 29.8 Å². The molecule has 3 heterocycles. The molecule has 5 nitrogen and oxygen atoms in total. The Morgan fingerprint density at radius 1 is 1.17 bits per heavy atom. The molecular weight excluding hydrogens is 332 g/mol. The number of benzene rings is 1. The number of aromatic amines is 1. The van der Waals surface area contributed by atoms with Gasteiger partial charge in [0.25, 0.3) is 5.56 Å². The number of fused-ring (bicyclic) bond motifs is 1. The van der Waals surface area contributed by atoms with Crippen LogP contribution in [-0.4, -0.2) is 19.9 Å². The van der Waals surface area contributed by atoms with Crippen LogP contribution >= 0.6 is 22.9 Å². The third-order valence-electron chi connectivity index (χ3n) is 3.33. The van der Waals surface area contributed by atoms with Crippen LogP contribution in [0.3, 0.4) is 0 Å². The number of thiophene rings is 1. The Morgan fingerprint density at radius 2 is 2.04 bits per heavy atom. The maximum atomic E-state index is 12.3. The summed E-state index contributed by atoms with van der Waals surface area (Å²) in [6, 6.07) is 9.40. The monoisotopic (exact) mass is 340 g/mol. The Kier molecular flexibility index (Phi) is 3.40. The van der Waals surface area contributed by atoms with E-state index in [1.807, 2.05) is 30.3 Å². The Hall–Kier alpha value is -2.57. The molecule has 23 heavy (non-hydrogen) atoms. The van der Waals surface area contributed by atoms with Crippen LogP contribution in [0, 0.1) is 0 Å². The summed E-state index contributed by atoms with van der Waals surface area (Å²) in [5, 5.41) is 0.643. The first-order valence-electron chi connectivity index (χ1n) is 6.77. The smallest absolute Gasteiger partial charge is 0.269 e. The van der Waals surface area contributed by atoms with E-state index in [-0.39, 0.29) is 5.56 Å². The van der Waals surface area contributed by atoms with Crippen molar-refractivity contribution < 1.29 is 0 Å². The second-order valence-electron chi connectivity index (χ2n) is 4.81. The number of nitrogens with zero attached hydrogens (tertiary/aromatic N) is 3. The van der Waals surface area contributed by atoms with Crippen LogP contribution < -0.4 is 5.56 Å². The van der Waals surface area contributed by atoms with E-state index in [4.69, 9.17) is 11.6 Å². The zero-order valence-electron chi connectivity index (χ0n) is 11.7. The van der Waals surface area contributed by atoms with Crippen molar-refractivity contribution in [2.45, 2.75) is 0 Å². The maximum absolute atomic E-state index is 12.3. The molecule has 0 aliphatic heterocycles. The van der Waals surface area contributed by atoms with Gasteiger partial charge in [0.1, 0.15) is 10.4 Å². The highest BCUT2D eigenvalue weighted by molar-refractivity contribution is 7.22. The fraction of sp³-hybridized carbons (Fsp3) is 0. The lowest BCUT2D eigenvalue weighted by Crippen LogP contribution is -2.08. The van der Waals surface area contributed by atoms with Crippen molar-refractivity contribution in [3.63, 3.8) is 0 Å². The van der Waals surface area contributed by atoms with Crippen molar-refractivity contribution in [1.29, 1.82) is 0 Å². The van der Waals surface area contributed by atoms with Crippen molar-refractivity contribution in [2.24, 2.45) is 0 Å². The van der Waals surface area contributed by atoms with Crippen molar-refractivity contribution in [1.82, 2.24) is 19.9 Å². The molecule has 4 aromatic rings. The molecule has 0 bridgehead atoms. The number of H-pyrrole nitrogens is 1. The van der Waals surface area contributed by atoms with Crippen LogP contribution in [0.1, 0.15) is 0 Å². The summed E-state index contributed by atoms with van der Waals surface area (Å²) in [6.45, 7) is 0. The molecule has 112 valence electrons. The second-order valence-corrected chi connectivity index (χ2v) is 6.27. The molecule has 7 heteroatoms.